The number of hydrogen-bond donors (Lipinski definition) is 0. The van der Waals surface area contributed by atoms with Gasteiger partial charge in [0, 0.05) is 22.0 Å². The van der Waals surface area contributed by atoms with E-state index < -0.39 is 9.84 Å². The number of benzene rings is 2. The molecule has 2 atom stereocenters. The fraction of sp³-hybridized carbons (Fsp3) is 0.300. The zero-order chi connectivity index (χ0) is 19.9. The number of carbonyl (C=O) groups is 1. The number of amidine groups is 1. The number of Topliss-reactive ketones (excluding diaryl/α,β-unsaturated/α-hetero) is 1. The first-order valence-electron chi connectivity index (χ1n) is 8.88. The number of anilines is 1. The molecule has 2 aromatic carbocycles. The van der Waals surface area contributed by atoms with Gasteiger partial charge in [-0.25, -0.2) is 8.42 Å². The van der Waals surface area contributed by atoms with Crippen LogP contribution in [0, 0.1) is 0 Å². The van der Waals surface area contributed by atoms with E-state index in [9.17, 15) is 13.2 Å². The maximum absolute atomic E-state index is 12.1. The van der Waals surface area contributed by atoms with Crippen molar-refractivity contribution in [1.82, 2.24) is 0 Å². The second kappa shape index (κ2) is 7.54. The third kappa shape index (κ3) is 3.97. The molecule has 2 aromatic rings. The lowest BCUT2D eigenvalue weighted by Crippen LogP contribution is -2.39. The largest absolute Gasteiger partial charge is 0.315 e. The summed E-state index contributed by atoms with van der Waals surface area (Å²) in [5.41, 5.74) is 2.47. The summed E-state index contributed by atoms with van der Waals surface area (Å²) in [5, 5.41) is 1.46. The van der Waals surface area contributed by atoms with E-state index in [-0.39, 0.29) is 29.4 Å². The second-order valence-corrected chi connectivity index (χ2v) is 10.6. The monoisotopic (exact) mass is 434 g/mol. The summed E-state index contributed by atoms with van der Waals surface area (Å²) in [6.45, 7) is 1.52. The molecule has 0 bridgehead atoms. The average Bonchev–Trinajstić information content (AvgIpc) is 3.11. The van der Waals surface area contributed by atoms with Crippen LogP contribution in [0.3, 0.4) is 0 Å². The number of hydrogen-bond acceptors (Lipinski definition) is 6. The standard InChI is InChI=1S/C20H19ClN2O3S2/c1-13(24)15-5-3-7-17(9-15)23-19-12-28(25,26)11-18(19)22-20(23)27-10-14-4-2-6-16(21)8-14/h2-9,18-19H,10-12H2,1H3. The Morgan fingerprint density at radius 1 is 1.21 bits per heavy atom. The molecule has 0 amide bonds. The third-order valence-corrected chi connectivity index (χ3v) is 7.87. The topological polar surface area (TPSA) is 66.8 Å². The van der Waals surface area contributed by atoms with Crippen molar-refractivity contribution in [3.63, 3.8) is 0 Å². The molecule has 2 unspecified atom stereocenters. The number of thioether (sulfide) groups is 1. The highest BCUT2D eigenvalue weighted by molar-refractivity contribution is 8.13. The van der Waals surface area contributed by atoms with Crippen molar-refractivity contribution in [3.8, 4) is 0 Å². The Balaban J connectivity index is 1.65. The highest BCUT2D eigenvalue weighted by Crippen LogP contribution is 2.36. The molecule has 0 N–H and O–H groups in total. The van der Waals surface area contributed by atoms with E-state index in [4.69, 9.17) is 16.6 Å². The molecule has 2 heterocycles. The number of nitrogens with zero attached hydrogens (tertiary/aromatic N) is 2. The first kappa shape index (κ1) is 19.5. The molecule has 0 radical (unpaired) electrons. The summed E-state index contributed by atoms with van der Waals surface area (Å²) in [7, 11) is -3.11. The van der Waals surface area contributed by atoms with Crippen molar-refractivity contribution in [2.75, 3.05) is 16.4 Å². The van der Waals surface area contributed by atoms with Crippen molar-refractivity contribution < 1.29 is 13.2 Å². The Kier molecular flexibility index (Phi) is 5.24. The highest BCUT2D eigenvalue weighted by Gasteiger charge is 2.47. The van der Waals surface area contributed by atoms with Crippen LogP contribution >= 0.6 is 23.4 Å². The van der Waals surface area contributed by atoms with Gasteiger partial charge in [0.1, 0.15) is 0 Å². The first-order valence-corrected chi connectivity index (χ1v) is 12.1. The first-order chi connectivity index (χ1) is 13.3. The molecule has 0 aromatic heterocycles. The summed E-state index contributed by atoms with van der Waals surface area (Å²) >= 11 is 7.63. The van der Waals surface area contributed by atoms with Gasteiger partial charge in [0.15, 0.2) is 20.8 Å². The smallest absolute Gasteiger partial charge is 0.164 e. The van der Waals surface area contributed by atoms with Crippen molar-refractivity contribution >= 4 is 49.8 Å². The van der Waals surface area contributed by atoms with Crippen LogP contribution in [0.4, 0.5) is 5.69 Å². The fourth-order valence-corrected chi connectivity index (χ4v) is 6.71. The van der Waals surface area contributed by atoms with Gasteiger partial charge in [0.25, 0.3) is 0 Å². The normalized spacial score (nSPS) is 22.8. The molecule has 1 fully saturated rings. The van der Waals surface area contributed by atoms with Crippen LogP contribution in [-0.2, 0) is 15.6 Å². The number of fused-ring (bicyclic) bond motifs is 1. The Labute approximate surface area is 173 Å². The van der Waals surface area contributed by atoms with Crippen molar-refractivity contribution in [2.45, 2.75) is 24.8 Å². The molecule has 0 saturated carbocycles. The molecule has 0 aliphatic carbocycles. The number of halogens is 1. The number of ketones is 1. The van der Waals surface area contributed by atoms with E-state index in [2.05, 4.69) is 0 Å². The lowest BCUT2D eigenvalue weighted by molar-refractivity contribution is 0.101. The maximum atomic E-state index is 12.1. The fourth-order valence-electron chi connectivity index (χ4n) is 3.58. The number of aliphatic imine (C=N–C) groups is 1. The molecule has 28 heavy (non-hydrogen) atoms. The van der Waals surface area contributed by atoms with E-state index in [0.29, 0.717) is 16.3 Å². The third-order valence-electron chi connectivity index (χ3n) is 4.90. The summed E-state index contributed by atoms with van der Waals surface area (Å²) in [6.07, 6.45) is 0. The van der Waals surface area contributed by atoms with Crippen LogP contribution in [0.15, 0.2) is 53.5 Å². The van der Waals surface area contributed by atoms with Gasteiger partial charge in [0.2, 0.25) is 0 Å². The summed E-state index contributed by atoms with van der Waals surface area (Å²) < 4.78 is 24.3. The molecule has 2 aliphatic rings. The molecular weight excluding hydrogens is 416 g/mol. The Morgan fingerprint density at radius 2 is 2.00 bits per heavy atom. The molecule has 2 aliphatic heterocycles. The molecule has 1 saturated heterocycles. The SMILES string of the molecule is CC(=O)c1cccc(N2C(SCc3cccc(Cl)c3)=NC3CS(=O)(=O)CC32)c1. The average molecular weight is 435 g/mol. The summed E-state index contributed by atoms with van der Waals surface area (Å²) in [6, 6.07) is 14.4. The van der Waals surface area contributed by atoms with Gasteiger partial charge in [-0.1, -0.05) is 47.6 Å². The quantitative estimate of drug-likeness (QED) is 0.684. The van der Waals surface area contributed by atoms with Gasteiger partial charge in [-0.15, -0.1) is 0 Å². The van der Waals surface area contributed by atoms with Gasteiger partial charge in [-0.05, 0) is 36.8 Å². The van der Waals surface area contributed by atoms with Crippen molar-refractivity contribution in [1.29, 1.82) is 0 Å². The lowest BCUT2D eigenvalue weighted by atomic mass is 10.1. The van der Waals surface area contributed by atoms with Crippen LogP contribution in [0.5, 0.6) is 0 Å². The van der Waals surface area contributed by atoms with Gasteiger partial charge in [-0.2, -0.15) is 0 Å². The molecule has 8 heteroatoms. The molecular formula is C20H19ClN2O3S2. The van der Waals surface area contributed by atoms with Crippen LogP contribution in [0.2, 0.25) is 5.02 Å². The maximum Gasteiger partial charge on any atom is 0.164 e. The van der Waals surface area contributed by atoms with Crippen LogP contribution in [-0.4, -0.2) is 43.0 Å². The minimum absolute atomic E-state index is 0.0262. The predicted molar refractivity (Wildman–Crippen MR) is 115 cm³/mol. The number of rotatable bonds is 4. The van der Waals surface area contributed by atoms with E-state index in [1.165, 1.54) is 6.92 Å². The van der Waals surface area contributed by atoms with Gasteiger partial charge in [0.05, 0.1) is 23.6 Å². The minimum atomic E-state index is -3.11. The zero-order valence-electron chi connectivity index (χ0n) is 15.2. The molecule has 0 spiro atoms. The Bertz CT molecular complexity index is 1070. The molecule has 5 nitrogen and oxygen atoms in total. The highest BCUT2D eigenvalue weighted by atomic mass is 35.5. The second-order valence-electron chi connectivity index (χ2n) is 7.02. The van der Waals surface area contributed by atoms with Crippen LogP contribution in [0.25, 0.3) is 0 Å². The van der Waals surface area contributed by atoms with Crippen molar-refractivity contribution in [2.24, 2.45) is 4.99 Å². The van der Waals surface area contributed by atoms with Gasteiger partial charge >= 0.3 is 0 Å². The van der Waals surface area contributed by atoms with E-state index in [1.807, 2.05) is 47.4 Å². The van der Waals surface area contributed by atoms with Crippen LogP contribution < -0.4 is 4.90 Å². The Hall–Kier alpha value is -1.83. The molecule has 4 rings (SSSR count). The number of carbonyl (C=O) groups excluding carboxylic acids is 1. The van der Waals surface area contributed by atoms with E-state index in [0.717, 1.165) is 16.4 Å². The zero-order valence-corrected chi connectivity index (χ0v) is 17.6. The lowest BCUT2D eigenvalue weighted by Gasteiger charge is -2.26. The van der Waals surface area contributed by atoms with E-state index >= 15 is 0 Å². The Morgan fingerprint density at radius 3 is 2.75 bits per heavy atom. The van der Waals surface area contributed by atoms with Crippen LogP contribution in [0.1, 0.15) is 22.8 Å². The summed E-state index contributed by atoms with van der Waals surface area (Å²) in [4.78, 5) is 18.5. The minimum Gasteiger partial charge on any atom is -0.315 e. The molecule has 146 valence electrons. The summed E-state index contributed by atoms with van der Waals surface area (Å²) in [5.74, 6) is 0.796. The van der Waals surface area contributed by atoms with E-state index in [1.54, 1.807) is 17.8 Å². The predicted octanol–water partition coefficient (Wildman–Crippen LogP) is 3.82. The number of sulfone groups is 1. The van der Waals surface area contributed by atoms with Crippen molar-refractivity contribution in [3.05, 3.63) is 64.7 Å². The van der Waals surface area contributed by atoms with Gasteiger partial charge < -0.3 is 4.90 Å². The van der Waals surface area contributed by atoms with Gasteiger partial charge in [-0.3, -0.25) is 9.79 Å².